The lowest BCUT2D eigenvalue weighted by molar-refractivity contribution is 0.0951. The first-order valence-electron chi connectivity index (χ1n) is 5.94. The molecule has 2 N–H and O–H groups in total. The minimum Gasteiger partial charge on any atom is -0.396 e. The molecule has 0 aromatic carbocycles. The van der Waals surface area contributed by atoms with Crippen LogP contribution in [-0.4, -0.2) is 29.1 Å². The van der Waals surface area contributed by atoms with Gasteiger partial charge < -0.3 is 10.4 Å². The minimum absolute atomic E-state index is 0.0853. The summed E-state index contributed by atoms with van der Waals surface area (Å²) in [4.78, 5) is 15.7. The number of pyridine rings is 1. The summed E-state index contributed by atoms with van der Waals surface area (Å²) in [6, 6.07) is 1.82. The quantitative estimate of drug-likeness (QED) is 0.736. The van der Waals surface area contributed by atoms with E-state index in [1.807, 2.05) is 19.9 Å². The van der Waals surface area contributed by atoms with Gasteiger partial charge in [-0.05, 0) is 37.3 Å². The van der Waals surface area contributed by atoms with E-state index < -0.39 is 0 Å². The fraction of sp³-hybridized carbons (Fsp3) is 0.538. The van der Waals surface area contributed by atoms with Crippen molar-refractivity contribution in [3.8, 4) is 0 Å². The van der Waals surface area contributed by atoms with Crippen molar-refractivity contribution in [1.82, 2.24) is 10.3 Å². The number of hydrogen-bond acceptors (Lipinski definition) is 3. The molecule has 0 spiro atoms. The molecule has 1 aromatic rings. The molecule has 4 nitrogen and oxygen atoms in total. The highest BCUT2D eigenvalue weighted by molar-refractivity contribution is 5.93. The fourth-order valence-electron chi connectivity index (χ4n) is 1.52. The number of amides is 1. The van der Waals surface area contributed by atoms with Crippen LogP contribution < -0.4 is 5.32 Å². The van der Waals surface area contributed by atoms with Crippen molar-refractivity contribution in [3.63, 3.8) is 0 Å². The predicted molar refractivity (Wildman–Crippen MR) is 66.8 cm³/mol. The van der Waals surface area contributed by atoms with Gasteiger partial charge in [-0.2, -0.15) is 0 Å². The summed E-state index contributed by atoms with van der Waals surface area (Å²) in [7, 11) is 0. The molecule has 0 saturated carbocycles. The van der Waals surface area contributed by atoms with E-state index >= 15 is 0 Å². The molecular weight excluding hydrogens is 216 g/mol. The van der Waals surface area contributed by atoms with Crippen LogP contribution in [0.3, 0.4) is 0 Å². The van der Waals surface area contributed by atoms with Gasteiger partial charge in [0.15, 0.2) is 0 Å². The van der Waals surface area contributed by atoms with E-state index in [0.717, 1.165) is 18.4 Å². The molecule has 17 heavy (non-hydrogen) atoms. The van der Waals surface area contributed by atoms with E-state index in [-0.39, 0.29) is 12.5 Å². The fourth-order valence-corrected chi connectivity index (χ4v) is 1.52. The van der Waals surface area contributed by atoms with Crippen LogP contribution in [0.5, 0.6) is 0 Å². The van der Waals surface area contributed by atoms with Gasteiger partial charge in [0.05, 0.1) is 5.56 Å². The van der Waals surface area contributed by atoms with Crippen LogP contribution in [0.1, 0.15) is 35.7 Å². The van der Waals surface area contributed by atoms with Crippen LogP contribution in [-0.2, 0) is 0 Å². The molecule has 0 fully saturated rings. The van der Waals surface area contributed by atoms with Crippen LogP contribution >= 0.6 is 0 Å². The van der Waals surface area contributed by atoms with Crippen LogP contribution in [0.25, 0.3) is 0 Å². The molecule has 94 valence electrons. The van der Waals surface area contributed by atoms with E-state index in [1.54, 1.807) is 12.4 Å². The van der Waals surface area contributed by atoms with Gasteiger partial charge in [0, 0.05) is 25.5 Å². The summed E-state index contributed by atoms with van der Waals surface area (Å²) >= 11 is 0. The molecule has 1 unspecified atom stereocenters. The van der Waals surface area contributed by atoms with Gasteiger partial charge in [0.1, 0.15) is 0 Å². The van der Waals surface area contributed by atoms with Gasteiger partial charge in [-0.25, -0.2) is 0 Å². The lowest BCUT2D eigenvalue weighted by atomic mass is 10.1. The smallest absolute Gasteiger partial charge is 0.252 e. The molecule has 0 aliphatic carbocycles. The van der Waals surface area contributed by atoms with E-state index in [2.05, 4.69) is 10.3 Å². The van der Waals surface area contributed by atoms with Gasteiger partial charge in [0.25, 0.3) is 5.91 Å². The number of carbonyl (C=O) groups excluding carboxylic acids is 1. The molecule has 1 rings (SSSR count). The molecule has 1 aromatic heterocycles. The third kappa shape index (κ3) is 4.95. The standard InChI is InChI=1S/C13H20N2O2/c1-10(9-16)4-3-5-15-13(17)12-6-11(2)7-14-8-12/h6-8,10,16H,3-5,9H2,1-2H3,(H,15,17). The largest absolute Gasteiger partial charge is 0.396 e. The van der Waals surface area contributed by atoms with Gasteiger partial charge in [-0.1, -0.05) is 6.92 Å². The van der Waals surface area contributed by atoms with Crippen molar-refractivity contribution >= 4 is 5.91 Å². The average Bonchev–Trinajstić information content (AvgIpc) is 2.34. The minimum atomic E-state index is -0.0853. The Morgan fingerprint density at radius 2 is 2.29 bits per heavy atom. The molecular formula is C13H20N2O2. The Balaban J connectivity index is 2.30. The molecule has 0 radical (unpaired) electrons. The van der Waals surface area contributed by atoms with E-state index in [9.17, 15) is 4.79 Å². The number of rotatable bonds is 6. The number of nitrogens with one attached hydrogen (secondary N) is 1. The van der Waals surface area contributed by atoms with Crippen molar-refractivity contribution in [2.24, 2.45) is 5.92 Å². The van der Waals surface area contributed by atoms with Crippen LogP contribution in [0.4, 0.5) is 0 Å². The monoisotopic (exact) mass is 236 g/mol. The summed E-state index contributed by atoms with van der Waals surface area (Å²) < 4.78 is 0. The van der Waals surface area contributed by atoms with Gasteiger partial charge in [-0.15, -0.1) is 0 Å². The molecule has 0 aliphatic heterocycles. The average molecular weight is 236 g/mol. The number of aliphatic hydroxyl groups excluding tert-OH is 1. The zero-order valence-corrected chi connectivity index (χ0v) is 10.4. The second-order valence-corrected chi connectivity index (χ2v) is 4.44. The predicted octanol–water partition coefficient (Wildman–Crippen LogP) is 1.53. The molecule has 4 heteroatoms. The molecule has 1 heterocycles. The van der Waals surface area contributed by atoms with Crippen LogP contribution in [0.15, 0.2) is 18.5 Å². The third-order valence-electron chi connectivity index (χ3n) is 2.61. The molecule has 1 atom stereocenters. The van der Waals surface area contributed by atoms with E-state index in [1.165, 1.54) is 0 Å². The van der Waals surface area contributed by atoms with Crippen molar-refractivity contribution in [3.05, 3.63) is 29.6 Å². The zero-order valence-electron chi connectivity index (χ0n) is 10.4. The maximum atomic E-state index is 11.7. The summed E-state index contributed by atoms with van der Waals surface area (Å²) in [5.74, 6) is 0.213. The van der Waals surface area contributed by atoms with Gasteiger partial charge in [0.2, 0.25) is 0 Å². The number of aromatic nitrogens is 1. The Bertz CT molecular complexity index is 366. The third-order valence-corrected chi connectivity index (χ3v) is 2.61. The number of hydrogen-bond donors (Lipinski definition) is 2. The highest BCUT2D eigenvalue weighted by Crippen LogP contribution is 2.04. The maximum Gasteiger partial charge on any atom is 0.252 e. The highest BCUT2D eigenvalue weighted by atomic mass is 16.3. The molecule has 1 amide bonds. The number of nitrogens with zero attached hydrogens (tertiary/aromatic N) is 1. The first-order chi connectivity index (χ1) is 8.13. The first-order valence-corrected chi connectivity index (χ1v) is 5.94. The summed E-state index contributed by atoms with van der Waals surface area (Å²) in [6.07, 6.45) is 5.09. The summed E-state index contributed by atoms with van der Waals surface area (Å²) in [6.45, 7) is 4.74. The lowest BCUT2D eigenvalue weighted by Gasteiger charge is -2.08. The number of aryl methyl sites for hydroxylation is 1. The first kappa shape index (κ1) is 13.6. The van der Waals surface area contributed by atoms with Gasteiger partial charge >= 0.3 is 0 Å². The Hall–Kier alpha value is -1.42. The summed E-state index contributed by atoms with van der Waals surface area (Å²) in [5.41, 5.74) is 1.58. The summed E-state index contributed by atoms with van der Waals surface area (Å²) in [5, 5.41) is 11.7. The molecule has 0 bridgehead atoms. The Labute approximate surface area is 102 Å². The highest BCUT2D eigenvalue weighted by Gasteiger charge is 2.05. The number of carbonyl (C=O) groups is 1. The van der Waals surface area contributed by atoms with E-state index in [0.29, 0.717) is 18.0 Å². The molecule has 0 aliphatic rings. The Morgan fingerprint density at radius 1 is 1.53 bits per heavy atom. The maximum absolute atomic E-state index is 11.7. The Kier molecular flexibility index (Phi) is 5.63. The van der Waals surface area contributed by atoms with Crippen molar-refractivity contribution < 1.29 is 9.90 Å². The lowest BCUT2D eigenvalue weighted by Crippen LogP contribution is -2.25. The number of aliphatic hydroxyl groups is 1. The van der Waals surface area contributed by atoms with Crippen LogP contribution in [0.2, 0.25) is 0 Å². The van der Waals surface area contributed by atoms with Crippen molar-refractivity contribution in [2.75, 3.05) is 13.2 Å². The van der Waals surface area contributed by atoms with Crippen molar-refractivity contribution in [2.45, 2.75) is 26.7 Å². The van der Waals surface area contributed by atoms with Crippen molar-refractivity contribution in [1.29, 1.82) is 0 Å². The van der Waals surface area contributed by atoms with E-state index in [4.69, 9.17) is 5.11 Å². The second kappa shape index (κ2) is 7.01. The zero-order chi connectivity index (χ0) is 12.7. The topological polar surface area (TPSA) is 62.2 Å². The normalized spacial score (nSPS) is 12.2. The molecule has 0 saturated heterocycles. The Morgan fingerprint density at radius 3 is 2.94 bits per heavy atom. The van der Waals surface area contributed by atoms with Crippen LogP contribution in [0, 0.1) is 12.8 Å². The SMILES string of the molecule is Cc1cncc(C(=O)NCCCC(C)CO)c1. The second-order valence-electron chi connectivity index (χ2n) is 4.44. The van der Waals surface area contributed by atoms with Gasteiger partial charge in [-0.3, -0.25) is 9.78 Å².